The first-order valence-electron chi connectivity index (χ1n) is 6.14. The van der Waals surface area contributed by atoms with Gasteiger partial charge in [0.15, 0.2) is 5.79 Å². The fourth-order valence-electron chi connectivity index (χ4n) is 2.45. The van der Waals surface area contributed by atoms with Gasteiger partial charge in [0.25, 0.3) is 0 Å². The molecule has 0 amide bonds. The second kappa shape index (κ2) is 4.19. The molecular weight excluding hydrogens is 226 g/mol. The minimum absolute atomic E-state index is 0.291. The summed E-state index contributed by atoms with van der Waals surface area (Å²) < 4.78 is 0. The zero-order chi connectivity index (χ0) is 12.6. The van der Waals surface area contributed by atoms with E-state index < -0.39 is 5.79 Å². The Bertz CT molecular complexity index is 611. The molecule has 0 radical (unpaired) electrons. The fraction of sp³-hybridized carbons (Fsp3) is 0.267. The van der Waals surface area contributed by atoms with Gasteiger partial charge in [0.1, 0.15) is 0 Å². The molecule has 0 spiro atoms. The summed E-state index contributed by atoms with van der Waals surface area (Å²) in [5.74, 6) is -1.54. The van der Waals surface area contributed by atoms with Gasteiger partial charge in [-0.2, -0.15) is 0 Å². The molecule has 3 nitrogen and oxygen atoms in total. The van der Waals surface area contributed by atoms with Crippen molar-refractivity contribution in [2.24, 2.45) is 0 Å². The van der Waals surface area contributed by atoms with Gasteiger partial charge in [0, 0.05) is 24.4 Å². The van der Waals surface area contributed by atoms with E-state index in [1.807, 2.05) is 24.3 Å². The third kappa shape index (κ3) is 2.03. The summed E-state index contributed by atoms with van der Waals surface area (Å²) in [6.45, 7) is 0. The molecule has 0 saturated heterocycles. The predicted molar refractivity (Wildman–Crippen MR) is 70.7 cm³/mol. The number of aliphatic hydroxyl groups is 2. The number of benzene rings is 1. The molecule has 0 atom stereocenters. The molecule has 18 heavy (non-hydrogen) atoms. The summed E-state index contributed by atoms with van der Waals surface area (Å²) in [5, 5.41) is 20.2. The van der Waals surface area contributed by atoms with Gasteiger partial charge in [-0.1, -0.05) is 24.3 Å². The van der Waals surface area contributed by atoms with Gasteiger partial charge in [0.2, 0.25) is 0 Å². The van der Waals surface area contributed by atoms with Crippen LogP contribution in [0.1, 0.15) is 24.8 Å². The van der Waals surface area contributed by atoms with E-state index in [1.54, 1.807) is 6.20 Å². The second-order valence-corrected chi connectivity index (χ2v) is 4.79. The molecule has 2 N–H and O–H groups in total. The second-order valence-electron chi connectivity index (χ2n) is 4.79. The van der Waals surface area contributed by atoms with E-state index in [2.05, 4.69) is 17.1 Å². The van der Waals surface area contributed by atoms with Crippen molar-refractivity contribution in [1.82, 2.24) is 4.98 Å². The third-order valence-electron chi connectivity index (χ3n) is 3.46. The van der Waals surface area contributed by atoms with Crippen LogP contribution < -0.4 is 0 Å². The number of pyridine rings is 1. The van der Waals surface area contributed by atoms with E-state index in [-0.39, 0.29) is 0 Å². The Labute approximate surface area is 105 Å². The van der Waals surface area contributed by atoms with E-state index in [4.69, 9.17) is 0 Å². The van der Waals surface area contributed by atoms with E-state index in [9.17, 15) is 10.2 Å². The summed E-state index contributed by atoms with van der Waals surface area (Å²) >= 11 is 0. The Morgan fingerprint density at radius 3 is 2.78 bits per heavy atom. The molecule has 1 aromatic heterocycles. The monoisotopic (exact) mass is 241 g/mol. The van der Waals surface area contributed by atoms with E-state index in [0.29, 0.717) is 19.3 Å². The van der Waals surface area contributed by atoms with Crippen molar-refractivity contribution in [3.05, 3.63) is 48.2 Å². The van der Waals surface area contributed by atoms with Crippen LogP contribution in [0.5, 0.6) is 0 Å². The Morgan fingerprint density at radius 2 is 2.00 bits per heavy atom. The standard InChI is InChI=1S/C15H15NO2/c17-15(18)8-6-11(7-9-15)12-3-1-5-14-13(12)4-2-10-16-14/h1-6,10,17-18H,7-9H2. The maximum absolute atomic E-state index is 9.55. The van der Waals surface area contributed by atoms with Crippen molar-refractivity contribution in [2.45, 2.75) is 25.0 Å². The van der Waals surface area contributed by atoms with Gasteiger partial charge < -0.3 is 10.2 Å². The Kier molecular flexibility index (Phi) is 2.65. The lowest BCUT2D eigenvalue weighted by Crippen LogP contribution is -2.29. The summed E-state index contributed by atoms with van der Waals surface area (Å²) in [6, 6.07) is 10.0. The quantitative estimate of drug-likeness (QED) is 0.754. The first kappa shape index (κ1) is 11.4. The van der Waals surface area contributed by atoms with E-state index in [1.165, 1.54) is 5.57 Å². The van der Waals surface area contributed by atoms with Crippen molar-refractivity contribution in [3.63, 3.8) is 0 Å². The number of fused-ring (bicyclic) bond motifs is 1. The first-order valence-corrected chi connectivity index (χ1v) is 6.14. The van der Waals surface area contributed by atoms with Crippen molar-refractivity contribution < 1.29 is 10.2 Å². The number of allylic oxidation sites excluding steroid dienone is 1. The average Bonchev–Trinajstić information content (AvgIpc) is 2.38. The van der Waals surface area contributed by atoms with Gasteiger partial charge in [0.05, 0.1) is 5.52 Å². The maximum atomic E-state index is 9.55. The lowest BCUT2D eigenvalue weighted by atomic mass is 9.88. The van der Waals surface area contributed by atoms with Crippen LogP contribution in [0.4, 0.5) is 0 Å². The van der Waals surface area contributed by atoms with Gasteiger partial charge in [-0.25, -0.2) is 0 Å². The third-order valence-corrected chi connectivity index (χ3v) is 3.46. The highest BCUT2D eigenvalue weighted by Crippen LogP contribution is 2.34. The zero-order valence-corrected chi connectivity index (χ0v) is 10.0. The van der Waals surface area contributed by atoms with Crippen molar-refractivity contribution in [2.75, 3.05) is 0 Å². The van der Waals surface area contributed by atoms with Crippen LogP contribution in [0.25, 0.3) is 16.5 Å². The predicted octanol–water partition coefficient (Wildman–Crippen LogP) is 2.48. The van der Waals surface area contributed by atoms with Crippen LogP contribution in [0, 0.1) is 0 Å². The molecule has 2 aromatic rings. The molecule has 92 valence electrons. The topological polar surface area (TPSA) is 53.4 Å². The molecular formula is C15H15NO2. The molecule has 1 aliphatic rings. The molecule has 1 aromatic carbocycles. The maximum Gasteiger partial charge on any atom is 0.166 e. The van der Waals surface area contributed by atoms with Crippen LogP contribution >= 0.6 is 0 Å². The number of rotatable bonds is 1. The zero-order valence-electron chi connectivity index (χ0n) is 10.0. The van der Waals surface area contributed by atoms with E-state index >= 15 is 0 Å². The molecule has 0 fully saturated rings. The average molecular weight is 241 g/mol. The van der Waals surface area contributed by atoms with Gasteiger partial charge in [-0.05, 0) is 29.7 Å². The summed E-state index contributed by atoms with van der Waals surface area (Å²) in [4.78, 5) is 4.34. The van der Waals surface area contributed by atoms with Crippen LogP contribution in [0.3, 0.4) is 0 Å². The lowest BCUT2D eigenvalue weighted by Gasteiger charge is -2.26. The van der Waals surface area contributed by atoms with Crippen LogP contribution in [-0.4, -0.2) is 21.0 Å². The van der Waals surface area contributed by atoms with Crippen LogP contribution in [0.15, 0.2) is 42.6 Å². The van der Waals surface area contributed by atoms with Gasteiger partial charge in [-0.15, -0.1) is 0 Å². The molecule has 0 unspecified atom stereocenters. The van der Waals surface area contributed by atoms with Crippen molar-refractivity contribution >= 4 is 16.5 Å². The van der Waals surface area contributed by atoms with Gasteiger partial charge >= 0.3 is 0 Å². The van der Waals surface area contributed by atoms with Crippen molar-refractivity contribution in [1.29, 1.82) is 0 Å². The smallest absolute Gasteiger partial charge is 0.166 e. The number of hydrogen-bond donors (Lipinski definition) is 2. The fourth-order valence-corrected chi connectivity index (χ4v) is 2.45. The molecule has 1 aliphatic carbocycles. The highest BCUT2D eigenvalue weighted by molar-refractivity contribution is 5.91. The Balaban J connectivity index is 2.08. The van der Waals surface area contributed by atoms with Crippen molar-refractivity contribution in [3.8, 4) is 0 Å². The lowest BCUT2D eigenvalue weighted by molar-refractivity contribution is -0.163. The summed E-state index contributed by atoms with van der Waals surface area (Å²) in [5.41, 5.74) is 3.30. The SMILES string of the molecule is OC1(O)CC=C(c2cccc3ncccc23)CC1. The van der Waals surface area contributed by atoms with Crippen LogP contribution in [-0.2, 0) is 0 Å². The summed E-state index contributed by atoms with van der Waals surface area (Å²) in [7, 11) is 0. The van der Waals surface area contributed by atoms with E-state index in [0.717, 1.165) is 16.5 Å². The molecule has 0 aliphatic heterocycles. The minimum Gasteiger partial charge on any atom is -0.365 e. The normalized spacial score (nSPS) is 18.7. The molecule has 3 rings (SSSR count). The highest BCUT2D eigenvalue weighted by Gasteiger charge is 2.26. The van der Waals surface area contributed by atoms with Gasteiger partial charge in [-0.3, -0.25) is 4.98 Å². The molecule has 1 heterocycles. The largest absolute Gasteiger partial charge is 0.365 e. The Morgan fingerprint density at radius 1 is 1.11 bits per heavy atom. The molecule has 3 heteroatoms. The first-order chi connectivity index (χ1) is 8.66. The Hall–Kier alpha value is -1.71. The highest BCUT2D eigenvalue weighted by atomic mass is 16.5. The number of hydrogen-bond acceptors (Lipinski definition) is 3. The number of aromatic nitrogens is 1. The minimum atomic E-state index is -1.54. The summed E-state index contributed by atoms with van der Waals surface area (Å²) in [6.07, 6.45) is 5.06. The van der Waals surface area contributed by atoms with Crippen LogP contribution in [0.2, 0.25) is 0 Å². The number of nitrogens with zero attached hydrogens (tertiary/aromatic N) is 1. The molecule has 0 bridgehead atoms. The molecule has 0 saturated carbocycles.